The summed E-state index contributed by atoms with van der Waals surface area (Å²) in [6, 6.07) is 9.90. The molecule has 0 spiro atoms. The maximum atomic E-state index is 10.5. The highest BCUT2D eigenvalue weighted by molar-refractivity contribution is 5.55. The van der Waals surface area contributed by atoms with Gasteiger partial charge in [0.15, 0.2) is 0 Å². The van der Waals surface area contributed by atoms with Crippen LogP contribution >= 0.6 is 0 Å². The molecule has 0 amide bonds. The van der Waals surface area contributed by atoms with Crippen LogP contribution < -0.4 is 4.74 Å². The summed E-state index contributed by atoms with van der Waals surface area (Å²) in [4.78, 5) is 0. The van der Waals surface area contributed by atoms with Gasteiger partial charge in [-0.2, -0.15) is 21.0 Å². The Balaban J connectivity index is 3.33. The van der Waals surface area contributed by atoms with Crippen molar-refractivity contribution >= 4 is 0 Å². The van der Waals surface area contributed by atoms with E-state index >= 15 is 0 Å². The molecule has 0 saturated carbocycles. The number of nitriles is 4. The summed E-state index contributed by atoms with van der Waals surface area (Å²) in [6.07, 6.45) is 2.10. The number of phenolic OH excluding ortho intramolecular Hbond substituents is 1. The van der Waals surface area contributed by atoms with Crippen molar-refractivity contribution < 1.29 is 9.84 Å². The highest BCUT2D eigenvalue weighted by atomic mass is 16.5. The lowest BCUT2D eigenvalue weighted by Crippen LogP contribution is -2.06. The van der Waals surface area contributed by atoms with Crippen LogP contribution in [0.3, 0.4) is 0 Å². The first-order chi connectivity index (χ1) is 11.7. The molecule has 0 saturated heterocycles. The zero-order valence-corrected chi connectivity index (χ0v) is 13.4. The van der Waals surface area contributed by atoms with E-state index in [9.17, 15) is 5.11 Å². The molecular weight excluding hydrogens is 304 g/mol. The van der Waals surface area contributed by atoms with Gasteiger partial charge in [-0.15, -0.1) is 0 Å². The zero-order valence-electron chi connectivity index (χ0n) is 13.4. The van der Waals surface area contributed by atoms with Gasteiger partial charge in [0.2, 0.25) is 0 Å². The van der Waals surface area contributed by atoms with Crippen LogP contribution in [0.2, 0.25) is 0 Å². The summed E-state index contributed by atoms with van der Waals surface area (Å²) in [7, 11) is 0. The van der Waals surface area contributed by atoms with Crippen molar-refractivity contribution in [2.45, 2.75) is 44.9 Å². The fourth-order valence-corrected chi connectivity index (χ4v) is 2.39. The van der Waals surface area contributed by atoms with E-state index in [-0.39, 0.29) is 38.0 Å². The van der Waals surface area contributed by atoms with E-state index in [1.165, 1.54) is 0 Å². The summed E-state index contributed by atoms with van der Waals surface area (Å²) in [5.41, 5.74) is 1.89. The minimum atomic E-state index is 0.0353. The van der Waals surface area contributed by atoms with Crippen molar-refractivity contribution in [1.29, 1.82) is 21.0 Å². The monoisotopic (exact) mass is 322 g/mol. The summed E-state index contributed by atoms with van der Waals surface area (Å²) < 4.78 is 5.68. The molecule has 0 aliphatic carbocycles. The molecule has 0 aromatic heterocycles. The van der Waals surface area contributed by atoms with Crippen LogP contribution in [-0.4, -0.2) is 11.7 Å². The van der Waals surface area contributed by atoms with Crippen molar-refractivity contribution in [3.63, 3.8) is 0 Å². The second-order valence-corrected chi connectivity index (χ2v) is 5.08. The van der Waals surface area contributed by atoms with E-state index in [2.05, 4.69) is 6.07 Å². The largest absolute Gasteiger partial charge is 0.507 e. The van der Waals surface area contributed by atoms with E-state index in [1.54, 1.807) is 6.07 Å². The fourth-order valence-electron chi connectivity index (χ4n) is 2.39. The predicted octanol–water partition coefficient (Wildman–Crippen LogP) is 3.05. The Bertz CT molecular complexity index is 730. The molecule has 24 heavy (non-hydrogen) atoms. The molecule has 0 atom stereocenters. The first kappa shape index (κ1) is 18.8. The summed E-state index contributed by atoms with van der Waals surface area (Å²) in [5, 5.41) is 45.6. The van der Waals surface area contributed by atoms with E-state index in [0.29, 0.717) is 36.1 Å². The molecule has 1 aromatic carbocycles. The van der Waals surface area contributed by atoms with E-state index < -0.39 is 0 Å². The number of benzene rings is 1. The molecule has 1 N–H and O–H groups in total. The second-order valence-electron chi connectivity index (χ2n) is 5.08. The van der Waals surface area contributed by atoms with Crippen molar-refractivity contribution in [3.05, 3.63) is 22.8 Å². The quantitative estimate of drug-likeness (QED) is 0.696. The first-order valence-corrected chi connectivity index (χ1v) is 7.66. The predicted molar refractivity (Wildman–Crippen MR) is 85.6 cm³/mol. The maximum absolute atomic E-state index is 10.5. The van der Waals surface area contributed by atoms with Gasteiger partial charge in [0, 0.05) is 24.8 Å². The summed E-state index contributed by atoms with van der Waals surface area (Å²) >= 11 is 0. The number of ether oxygens (including phenoxy) is 1. The molecule has 0 fully saturated rings. The van der Waals surface area contributed by atoms with Crippen molar-refractivity contribution in [1.82, 2.24) is 0 Å². The molecule has 0 aliphatic heterocycles. The van der Waals surface area contributed by atoms with Crippen LogP contribution in [0, 0.1) is 45.3 Å². The van der Waals surface area contributed by atoms with E-state index in [0.717, 1.165) is 5.56 Å². The molecular formula is C18H18N4O2. The molecule has 0 radical (unpaired) electrons. The van der Waals surface area contributed by atoms with Gasteiger partial charge in [-0.3, -0.25) is 0 Å². The number of aromatic hydroxyl groups is 1. The Morgan fingerprint density at radius 2 is 1.33 bits per heavy atom. The van der Waals surface area contributed by atoms with Gasteiger partial charge in [0.1, 0.15) is 18.1 Å². The number of aryl methyl sites for hydroxylation is 2. The molecule has 122 valence electrons. The standard InChI is InChI=1S/C18H18N4O2/c19-8-1-5-14-13-15(6-2-9-20)18(24-12-4-11-22)16(17(14)23)7-3-10-21/h13,23H,1-7,12H2. The smallest absolute Gasteiger partial charge is 0.129 e. The van der Waals surface area contributed by atoms with Crippen molar-refractivity contribution in [2.75, 3.05) is 6.61 Å². The minimum Gasteiger partial charge on any atom is -0.507 e. The molecule has 1 aromatic rings. The highest BCUT2D eigenvalue weighted by Gasteiger charge is 2.18. The second kappa shape index (κ2) is 10.5. The number of hydrogen-bond donors (Lipinski definition) is 1. The fraction of sp³-hybridized carbons (Fsp3) is 0.444. The average Bonchev–Trinajstić information content (AvgIpc) is 2.59. The number of hydrogen-bond acceptors (Lipinski definition) is 6. The topological polar surface area (TPSA) is 125 Å². The Labute approximate surface area is 141 Å². The number of nitrogens with zero attached hydrogens (tertiary/aromatic N) is 4. The third kappa shape index (κ3) is 5.20. The lowest BCUT2D eigenvalue weighted by molar-refractivity contribution is 0.316. The lowest BCUT2D eigenvalue weighted by atomic mass is 9.94. The third-order valence-electron chi connectivity index (χ3n) is 3.46. The maximum Gasteiger partial charge on any atom is 0.129 e. The van der Waals surface area contributed by atoms with Crippen molar-refractivity contribution in [2.24, 2.45) is 0 Å². The molecule has 1 rings (SSSR count). The van der Waals surface area contributed by atoms with Crippen LogP contribution in [0.4, 0.5) is 0 Å². The van der Waals surface area contributed by atoms with Gasteiger partial charge in [-0.05, 0) is 36.5 Å². The average molecular weight is 322 g/mol. The van der Waals surface area contributed by atoms with Gasteiger partial charge in [0.05, 0.1) is 30.7 Å². The third-order valence-corrected chi connectivity index (χ3v) is 3.46. The first-order valence-electron chi connectivity index (χ1n) is 7.66. The van der Waals surface area contributed by atoms with Crippen LogP contribution in [0.5, 0.6) is 11.5 Å². The molecule has 6 heteroatoms. The summed E-state index contributed by atoms with van der Waals surface area (Å²) in [6.45, 7) is 0.173. The van der Waals surface area contributed by atoms with E-state index in [1.807, 2.05) is 18.2 Å². The molecule has 0 aliphatic rings. The Hall–Kier alpha value is -3.22. The Morgan fingerprint density at radius 3 is 1.92 bits per heavy atom. The normalized spacial score (nSPS) is 9.33. The van der Waals surface area contributed by atoms with Crippen LogP contribution in [-0.2, 0) is 19.3 Å². The van der Waals surface area contributed by atoms with Gasteiger partial charge in [-0.1, -0.05) is 0 Å². The number of phenols is 1. The highest BCUT2D eigenvalue weighted by Crippen LogP contribution is 2.37. The molecule has 6 nitrogen and oxygen atoms in total. The van der Waals surface area contributed by atoms with Gasteiger partial charge in [-0.25, -0.2) is 0 Å². The Kier molecular flexibility index (Phi) is 8.23. The molecule has 0 heterocycles. The SMILES string of the molecule is N#CCCOc1c(CCC#N)cc(CCC#N)c(O)c1CCC#N. The van der Waals surface area contributed by atoms with Gasteiger partial charge < -0.3 is 9.84 Å². The Morgan fingerprint density at radius 1 is 0.792 bits per heavy atom. The van der Waals surface area contributed by atoms with Crippen LogP contribution in [0.15, 0.2) is 6.07 Å². The van der Waals surface area contributed by atoms with Crippen LogP contribution in [0.1, 0.15) is 42.4 Å². The zero-order chi connectivity index (χ0) is 17.8. The minimum absolute atomic E-state index is 0.0353. The van der Waals surface area contributed by atoms with Crippen LogP contribution in [0.25, 0.3) is 0 Å². The molecule has 0 unspecified atom stereocenters. The molecule has 0 bridgehead atoms. The van der Waals surface area contributed by atoms with Crippen molar-refractivity contribution in [3.8, 4) is 35.8 Å². The lowest BCUT2D eigenvalue weighted by Gasteiger charge is -2.18. The van der Waals surface area contributed by atoms with Gasteiger partial charge >= 0.3 is 0 Å². The summed E-state index contributed by atoms with van der Waals surface area (Å²) in [5.74, 6) is 0.488. The van der Waals surface area contributed by atoms with E-state index in [4.69, 9.17) is 25.8 Å². The van der Waals surface area contributed by atoms with Gasteiger partial charge in [0.25, 0.3) is 0 Å². The number of rotatable bonds is 9.